The van der Waals surface area contributed by atoms with E-state index in [0.29, 0.717) is 16.2 Å². The summed E-state index contributed by atoms with van der Waals surface area (Å²) in [4.78, 5) is 42.6. The lowest BCUT2D eigenvalue weighted by atomic mass is 9.80. The van der Waals surface area contributed by atoms with Crippen molar-refractivity contribution < 1.29 is 43.9 Å². The minimum atomic E-state index is -1.18. The summed E-state index contributed by atoms with van der Waals surface area (Å²) in [5, 5.41) is 31.4. The van der Waals surface area contributed by atoms with E-state index in [1.165, 1.54) is 16.8 Å². The van der Waals surface area contributed by atoms with E-state index in [0.717, 1.165) is 73.7 Å². The van der Waals surface area contributed by atoms with E-state index in [1.807, 2.05) is 78.9 Å². The van der Waals surface area contributed by atoms with Crippen molar-refractivity contribution in [2.24, 2.45) is 4.99 Å². The molecule has 0 spiro atoms. The molecule has 0 bridgehead atoms. The fourth-order valence-corrected chi connectivity index (χ4v) is 7.08. The average Bonchev–Trinajstić information content (AvgIpc) is 3.82. The molecule has 1 aliphatic rings. The predicted molar refractivity (Wildman–Crippen MR) is 229 cm³/mol. The Kier molecular flexibility index (Phi) is 15.0. The third-order valence-corrected chi connectivity index (χ3v) is 10.4. The van der Waals surface area contributed by atoms with Crippen molar-refractivity contribution in [2.75, 3.05) is 33.9 Å². The molecule has 15 nitrogen and oxygen atoms in total. The highest BCUT2D eigenvalue weighted by atomic mass is 16.7. The first-order valence-corrected chi connectivity index (χ1v) is 20.3. The van der Waals surface area contributed by atoms with Gasteiger partial charge in [-0.3, -0.25) is 4.57 Å². The number of rotatable bonds is 20. The molecule has 3 N–H and O–H groups in total. The van der Waals surface area contributed by atoms with E-state index in [2.05, 4.69) is 28.7 Å². The zero-order valence-corrected chi connectivity index (χ0v) is 34.8. The van der Waals surface area contributed by atoms with E-state index >= 15 is 0 Å². The number of nitrogens with zero attached hydrogens (tertiary/aromatic N) is 5. The van der Waals surface area contributed by atoms with Crippen LogP contribution in [0.4, 0.5) is 5.82 Å². The number of aromatic nitrogens is 3. The maximum atomic E-state index is 13.8. The lowest BCUT2D eigenvalue weighted by Gasteiger charge is -2.37. The third-order valence-electron chi connectivity index (χ3n) is 10.4. The van der Waals surface area contributed by atoms with Gasteiger partial charge in [-0.25, -0.2) is 14.6 Å². The predicted octanol–water partition coefficient (Wildman–Crippen LogP) is 6.36. The monoisotopic (exact) mass is 835 g/mol. The molecule has 5 aromatic rings. The standard InChI is InChI=1S/C46H53N5O10/c1-5-7-26-49(27-8-6-2)31-47-44-32(14-25-43(55)61-51-40(53)23-24-41(51)54)29-50(45(56)48-44)42-28-38(52)39(60-42)30-59-46(33-12-10-9-11-13-33,34-15-19-36(57-3)20-16-34)35-17-21-37(58-4)22-18-35/h9-25,29,31,38-39,42,52-54H,5-8,26-28,30H2,1-4H3/t38-,39-,42-/m1/s1. The first kappa shape index (κ1) is 44.1. The Morgan fingerprint density at radius 2 is 1.46 bits per heavy atom. The second-order valence-corrected chi connectivity index (χ2v) is 14.5. The maximum absolute atomic E-state index is 13.8. The molecule has 0 unspecified atom stereocenters. The number of benzene rings is 3. The van der Waals surface area contributed by atoms with Crippen molar-refractivity contribution in [1.82, 2.24) is 19.2 Å². The van der Waals surface area contributed by atoms with Gasteiger partial charge in [0.15, 0.2) is 5.82 Å². The van der Waals surface area contributed by atoms with E-state index in [-0.39, 0.29) is 24.4 Å². The molecule has 322 valence electrons. The molecule has 3 aromatic carbocycles. The average molecular weight is 836 g/mol. The van der Waals surface area contributed by atoms with Gasteiger partial charge >= 0.3 is 11.7 Å². The number of methoxy groups -OCH3 is 2. The van der Waals surface area contributed by atoms with Gasteiger partial charge in [-0.1, -0.05) is 81.3 Å². The second-order valence-electron chi connectivity index (χ2n) is 14.5. The molecule has 1 saturated heterocycles. The van der Waals surface area contributed by atoms with Crippen molar-refractivity contribution in [3.05, 3.63) is 136 Å². The summed E-state index contributed by atoms with van der Waals surface area (Å²) in [6, 6.07) is 27.2. The van der Waals surface area contributed by atoms with Gasteiger partial charge in [-0.15, -0.1) is 4.73 Å². The molecule has 0 saturated carbocycles. The summed E-state index contributed by atoms with van der Waals surface area (Å²) in [6.07, 6.45) is 6.54. The molecule has 0 amide bonds. The summed E-state index contributed by atoms with van der Waals surface area (Å²) < 4.78 is 26.1. The van der Waals surface area contributed by atoms with Crippen LogP contribution in [0.15, 0.2) is 113 Å². The highest BCUT2D eigenvalue weighted by Crippen LogP contribution is 2.43. The van der Waals surface area contributed by atoms with Crippen LogP contribution in [0.2, 0.25) is 0 Å². The number of aliphatic imine (C=N–C) groups is 1. The topological polar surface area (TPSA) is 179 Å². The van der Waals surface area contributed by atoms with Crippen LogP contribution in [0.3, 0.4) is 0 Å². The first-order valence-electron chi connectivity index (χ1n) is 20.3. The number of unbranched alkanes of at least 4 members (excludes halogenated alkanes) is 2. The summed E-state index contributed by atoms with van der Waals surface area (Å²) in [5.74, 6) is -0.525. The Hall–Kier alpha value is -6.42. The molecule has 0 radical (unpaired) electrons. The molecular weight excluding hydrogens is 783 g/mol. The molecule has 61 heavy (non-hydrogen) atoms. The van der Waals surface area contributed by atoms with Crippen LogP contribution in [0.1, 0.15) is 74.4 Å². The number of aromatic hydroxyl groups is 2. The van der Waals surface area contributed by atoms with Crippen LogP contribution in [0.5, 0.6) is 23.3 Å². The second kappa shape index (κ2) is 20.7. The van der Waals surface area contributed by atoms with E-state index in [9.17, 15) is 24.9 Å². The molecule has 3 atom stereocenters. The van der Waals surface area contributed by atoms with Gasteiger partial charge in [0, 0.05) is 49.5 Å². The molecule has 15 heteroatoms. The smallest absolute Gasteiger partial charge is 0.356 e. The summed E-state index contributed by atoms with van der Waals surface area (Å²) in [6.45, 7) is 5.64. The molecule has 1 aliphatic heterocycles. The molecule has 6 rings (SSSR count). The Morgan fingerprint density at radius 1 is 0.885 bits per heavy atom. The van der Waals surface area contributed by atoms with Gasteiger partial charge < -0.3 is 44.0 Å². The lowest BCUT2D eigenvalue weighted by Crippen LogP contribution is -2.38. The zero-order valence-electron chi connectivity index (χ0n) is 34.8. The molecular formula is C46H53N5O10. The number of aliphatic hydroxyl groups excluding tert-OH is 1. The van der Waals surface area contributed by atoms with Crippen molar-refractivity contribution >= 4 is 24.2 Å². The molecule has 3 heterocycles. The normalized spacial score (nSPS) is 16.6. The van der Waals surface area contributed by atoms with E-state index in [1.54, 1.807) is 20.6 Å². The minimum absolute atomic E-state index is 0.0286. The van der Waals surface area contributed by atoms with E-state index < -0.39 is 47.5 Å². The van der Waals surface area contributed by atoms with Gasteiger partial charge in [0.05, 0.1) is 33.3 Å². The van der Waals surface area contributed by atoms with Crippen LogP contribution in [-0.2, 0) is 19.9 Å². The number of carbonyl (C=O) groups excluding carboxylic acids is 1. The van der Waals surface area contributed by atoms with Crippen LogP contribution in [-0.4, -0.2) is 92.9 Å². The van der Waals surface area contributed by atoms with E-state index in [4.69, 9.17) is 23.8 Å². The van der Waals surface area contributed by atoms with Crippen molar-refractivity contribution in [1.29, 1.82) is 0 Å². The lowest BCUT2D eigenvalue weighted by molar-refractivity contribution is -0.139. The van der Waals surface area contributed by atoms with Crippen LogP contribution < -0.4 is 20.0 Å². The van der Waals surface area contributed by atoms with Gasteiger partial charge in [0.1, 0.15) is 29.4 Å². The zero-order chi connectivity index (χ0) is 43.4. The largest absolute Gasteiger partial charge is 0.497 e. The van der Waals surface area contributed by atoms with Crippen molar-refractivity contribution in [3.63, 3.8) is 0 Å². The molecule has 2 aromatic heterocycles. The Bertz CT molecular complexity index is 2230. The fourth-order valence-electron chi connectivity index (χ4n) is 7.08. The third kappa shape index (κ3) is 10.5. The summed E-state index contributed by atoms with van der Waals surface area (Å²) in [7, 11) is 3.20. The van der Waals surface area contributed by atoms with Gasteiger partial charge in [-0.05, 0) is 59.9 Å². The number of aliphatic hydroxyl groups is 1. The maximum Gasteiger partial charge on any atom is 0.356 e. The Labute approximate surface area is 354 Å². The Balaban J connectivity index is 1.32. The number of ether oxygens (including phenoxy) is 4. The van der Waals surface area contributed by atoms with Crippen molar-refractivity contribution in [3.8, 4) is 23.3 Å². The minimum Gasteiger partial charge on any atom is -0.497 e. The number of hydrogen-bond donors (Lipinski definition) is 3. The highest BCUT2D eigenvalue weighted by Gasteiger charge is 2.42. The van der Waals surface area contributed by atoms with Crippen molar-refractivity contribution in [2.45, 2.75) is 70.0 Å². The first-order chi connectivity index (χ1) is 29.6. The number of carbonyl (C=O) groups is 1. The van der Waals surface area contributed by atoms with Gasteiger partial charge in [-0.2, -0.15) is 4.98 Å². The Morgan fingerprint density at radius 3 is 2.02 bits per heavy atom. The quantitative estimate of drug-likeness (QED) is 0.0343. The van der Waals surface area contributed by atoms with Crippen LogP contribution >= 0.6 is 0 Å². The fraction of sp³-hybridized carbons (Fsp3) is 0.348. The van der Waals surface area contributed by atoms with Crippen LogP contribution in [0.25, 0.3) is 6.08 Å². The van der Waals surface area contributed by atoms with Gasteiger partial charge in [0.25, 0.3) is 0 Å². The highest BCUT2D eigenvalue weighted by molar-refractivity contribution is 5.88. The molecule has 1 fully saturated rings. The number of hydrogen-bond acceptors (Lipinski definition) is 12. The van der Waals surface area contributed by atoms with Crippen LogP contribution in [0, 0.1) is 0 Å². The molecule has 0 aliphatic carbocycles. The SMILES string of the molecule is CCCCN(C=Nc1nc(=O)n([C@H]2C[C@@H](O)[C@@H](COC(c3ccccc3)(c3ccc(OC)cc3)c3ccc(OC)cc3)O2)cc1C=CC(=O)On1c(O)ccc1O)CCCC. The summed E-state index contributed by atoms with van der Waals surface area (Å²) >= 11 is 0. The summed E-state index contributed by atoms with van der Waals surface area (Å²) in [5.41, 5.74) is 0.820. The van der Waals surface area contributed by atoms with Gasteiger partial charge in [0.2, 0.25) is 11.8 Å².